The maximum atomic E-state index is 12.9. The van der Waals surface area contributed by atoms with Gasteiger partial charge in [-0.1, -0.05) is 54.7 Å². The van der Waals surface area contributed by atoms with Crippen LogP contribution in [-0.2, 0) is 4.74 Å². The van der Waals surface area contributed by atoms with Gasteiger partial charge in [-0.15, -0.1) is 0 Å². The Hall–Kier alpha value is -3.45. The lowest BCUT2D eigenvalue weighted by atomic mass is 10.2. The summed E-state index contributed by atoms with van der Waals surface area (Å²) in [6.45, 7) is 4.20. The molecule has 2 aromatic carbocycles. The third-order valence-electron chi connectivity index (χ3n) is 4.63. The highest BCUT2D eigenvalue weighted by Crippen LogP contribution is 2.27. The van der Waals surface area contributed by atoms with E-state index in [0.717, 1.165) is 28.3 Å². The highest BCUT2D eigenvalue weighted by molar-refractivity contribution is 7.19. The molecule has 2 heterocycles. The number of aromatic nitrogens is 2. The highest BCUT2D eigenvalue weighted by atomic mass is 32.1. The van der Waals surface area contributed by atoms with Crippen LogP contribution in [0.25, 0.3) is 16.2 Å². The van der Waals surface area contributed by atoms with E-state index in [1.807, 2.05) is 54.8 Å². The number of carbonyl (C=O) groups excluding carboxylic acids is 2. The number of imidazole rings is 1. The second kappa shape index (κ2) is 8.51. The Morgan fingerprint density at radius 1 is 1.13 bits per heavy atom. The predicted molar refractivity (Wildman–Crippen MR) is 118 cm³/mol. The van der Waals surface area contributed by atoms with Gasteiger partial charge in [0.05, 0.1) is 17.9 Å². The lowest BCUT2D eigenvalue weighted by Crippen LogP contribution is -2.13. The molecule has 0 aliphatic heterocycles. The molecule has 1 amide bonds. The smallest absolute Gasteiger partial charge is 0.338 e. The first-order valence-electron chi connectivity index (χ1n) is 9.69. The van der Waals surface area contributed by atoms with Gasteiger partial charge in [-0.05, 0) is 31.5 Å². The molecule has 152 valence electrons. The van der Waals surface area contributed by atoms with Gasteiger partial charge in [-0.25, -0.2) is 9.78 Å². The number of esters is 1. The number of hydrogen-bond acceptors (Lipinski definition) is 5. The number of thiazole rings is 1. The number of nitrogens with one attached hydrogen (secondary N) is 1. The lowest BCUT2D eigenvalue weighted by Gasteiger charge is -2.07. The normalized spacial score (nSPS) is 10.9. The molecule has 0 aliphatic rings. The summed E-state index contributed by atoms with van der Waals surface area (Å²) < 4.78 is 7.09. The molecule has 0 unspecified atom stereocenters. The van der Waals surface area contributed by atoms with E-state index in [2.05, 4.69) is 10.3 Å². The molecule has 0 fully saturated rings. The number of hydrogen-bond donors (Lipinski definition) is 1. The molecule has 30 heavy (non-hydrogen) atoms. The molecule has 0 saturated heterocycles. The van der Waals surface area contributed by atoms with Crippen LogP contribution in [0.4, 0.5) is 5.69 Å². The Bertz CT molecular complexity index is 1210. The summed E-state index contributed by atoms with van der Waals surface area (Å²) in [5.41, 5.74) is 3.68. The summed E-state index contributed by atoms with van der Waals surface area (Å²) in [7, 11) is 0. The first kappa shape index (κ1) is 19.8. The van der Waals surface area contributed by atoms with Gasteiger partial charge in [0.1, 0.15) is 4.88 Å². The molecule has 1 N–H and O–H groups in total. The van der Waals surface area contributed by atoms with E-state index in [1.54, 1.807) is 24.3 Å². The number of fused-ring (bicyclic) bond motifs is 1. The molecule has 4 aromatic rings. The molecule has 0 radical (unpaired) electrons. The fraction of sp³-hybridized carbons (Fsp3) is 0.174. The van der Waals surface area contributed by atoms with Crippen LogP contribution in [0.3, 0.4) is 0 Å². The third kappa shape index (κ3) is 3.97. The Labute approximate surface area is 178 Å². The van der Waals surface area contributed by atoms with Gasteiger partial charge < -0.3 is 10.1 Å². The maximum absolute atomic E-state index is 12.9. The number of anilines is 1. The van der Waals surface area contributed by atoms with Crippen molar-refractivity contribution >= 4 is 33.9 Å². The fourth-order valence-corrected chi connectivity index (χ4v) is 4.10. The minimum absolute atomic E-state index is 0.233. The van der Waals surface area contributed by atoms with E-state index < -0.39 is 5.97 Å². The zero-order chi connectivity index (χ0) is 21.1. The molecule has 0 spiro atoms. The van der Waals surface area contributed by atoms with Crippen LogP contribution in [0.5, 0.6) is 0 Å². The van der Waals surface area contributed by atoms with Gasteiger partial charge in [0.25, 0.3) is 5.91 Å². The largest absolute Gasteiger partial charge is 0.462 e. The SMILES string of the molecule is CCCOC(=O)c1cccc(NC(=O)c2sc3nc(-c4ccccc4)cn3c2C)c1. The monoisotopic (exact) mass is 419 g/mol. The molecular formula is C23H21N3O3S. The van der Waals surface area contributed by atoms with E-state index in [4.69, 9.17) is 4.74 Å². The molecule has 7 heteroatoms. The summed E-state index contributed by atoms with van der Waals surface area (Å²) in [6, 6.07) is 16.7. The predicted octanol–water partition coefficient (Wildman–Crippen LogP) is 5.19. The highest BCUT2D eigenvalue weighted by Gasteiger charge is 2.19. The number of amides is 1. The van der Waals surface area contributed by atoms with Crippen LogP contribution < -0.4 is 5.32 Å². The molecule has 6 nitrogen and oxygen atoms in total. The average molecular weight is 420 g/mol. The van der Waals surface area contributed by atoms with Crippen LogP contribution in [-0.4, -0.2) is 27.9 Å². The minimum atomic E-state index is -0.396. The Morgan fingerprint density at radius 3 is 2.67 bits per heavy atom. The second-order valence-corrected chi connectivity index (χ2v) is 7.81. The van der Waals surface area contributed by atoms with Crippen molar-refractivity contribution in [3.8, 4) is 11.3 Å². The molecule has 0 aliphatic carbocycles. The van der Waals surface area contributed by atoms with E-state index >= 15 is 0 Å². The van der Waals surface area contributed by atoms with Crippen LogP contribution in [0, 0.1) is 6.92 Å². The van der Waals surface area contributed by atoms with Crippen LogP contribution in [0.2, 0.25) is 0 Å². The number of benzene rings is 2. The number of ether oxygens (including phenoxy) is 1. The zero-order valence-corrected chi connectivity index (χ0v) is 17.5. The average Bonchev–Trinajstić information content (AvgIpc) is 3.32. The van der Waals surface area contributed by atoms with Crippen molar-refractivity contribution in [1.82, 2.24) is 9.38 Å². The molecular weight excluding hydrogens is 398 g/mol. The van der Waals surface area contributed by atoms with Crippen molar-refractivity contribution in [2.24, 2.45) is 0 Å². The van der Waals surface area contributed by atoms with Crippen molar-refractivity contribution in [2.45, 2.75) is 20.3 Å². The number of carbonyl (C=O) groups is 2. The van der Waals surface area contributed by atoms with E-state index in [1.165, 1.54) is 11.3 Å². The second-order valence-electron chi connectivity index (χ2n) is 6.83. The van der Waals surface area contributed by atoms with Gasteiger partial charge in [0.2, 0.25) is 0 Å². The van der Waals surface area contributed by atoms with Crippen LogP contribution >= 0.6 is 11.3 Å². The molecule has 2 aromatic heterocycles. The summed E-state index contributed by atoms with van der Waals surface area (Å²) >= 11 is 1.34. The molecule has 0 atom stereocenters. The molecule has 4 rings (SSSR count). The van der Waals surface area contributed by atoms with Gasteiger partial charge in [0, 0.05) is 23.1 Å². The Balaban J connectivity index is 1.55. The quantitative estimate of drug-likeness (QED) is 0.437. The standard InChI is InChI=1S/C23H21N3O3S/c1-3-12-29-22(28)17-10-7-11-18(13-17)24-21(27)20-15(2)26-14-19(25-23(26)30-20)16-8-5-4-6-9-16/h4-11,13-14H,3,12H2,1-2H3,(H,24,27). The van der Waals surface area contributed by atoms with Gasteiger partial charge in [-0.3, -0.25) is 9.20 Å². The Morgan fingerprint density at radius 2 is 1.93 bits per heavy atom. The van der Waals surface area contributed by atoms with Crippen molar-refractivity contribution in [3.63, 3.8) is 0 Å². The van der Waals surface area contributed by atoms with Gasteiger partial charge >= 0.3 is 5.97 Å². The van der Waals surface area contributed by atoms with E-state index in [-0.39, 0.29) is 5.91 Å². The summed E-state index contributed by atoms with van der Waals surface area (Å²) in [5.74, 6) is -0.629. The fourth-order valence-electron chi connectivity index (χ4n) is 3.10. The third-order valence-corrected chi connectivity index (χ3v) is 5.78. The van der Waals surface area contributed by atoms with Gasteiger partial charge in [-0.2, -0.15) is 0 Å². The number of nitrogens with zero attached hydrogens (tertiary/aromatic N) is 2. The summed E-state index contributed by atoms with van der Waals surface area (Å²) in [4.78, 5) is 30.9. The zero-order valence-electron chi connectivity index (χ0n) is 16.7. The summed E-state index contributed by atoms with van der Waals surface area (Å²) in [5, 5.41) is 2.87. The van der Waals surface area contributed by atoms with Crippen LogP contribution in [0.15, 0.2) is 60.8 Å². The number of aryl methyl sites for hydroxylation is 1. The van der Waals surface area contributed by atoms with Crippen molar-refractivity contribution in [1.29, 1.82) is 0 Å². The van der Waals surface area contributed by atoms with Crippen molar-refractivity contribution in [3.05, 3.63) is 76.9 Å². The van der Waals surface area contributed by atoms with Gasteiger partial charge in [0.15, 0.2) is 4.96 Å². The first-order valence-corrected chi connectivity index (χ1v) is 10.5. The first-order chi connectivity index (χ1) is 14.6. The topological polar surface area (TPSA) is 72.7 Å². The lowest BCUT2D eigenvalue weighted by molar-refractivity contribution is 0.0505. The van der Waals surface area contributed by atoms with E-state index in [9.17, 15) is 9.59 Å². The van der Waals surface area contributed by atoms with Crippen molar-refractivity contribution < 1.29 is 14.3 Å². The minimum Gasteiger partial charge on any atom is -0.462 e. The van der Waals surface area contributed by atoms with E-state index in [0.29, 0.717) is 22.7 Å². The Kier molecular flexibility index (Phi) is 5.63. The number of rotatable bonds is 6. The molecule has 0 saturated carbocycles. The van der Waals surface area contributed by atoms with Crippen LogP contribution in [0.1, 0.15) is 39.1 Å². The summed E-state index contributed by atoms with van der Waals surface area (Å²) in [6.07, 6.45) is 2.70. The molecule has 0 bridgehead atoms. The maximum Gasteiger partial charge on any atom is 0.338 e. The van der Waals surface area contributed by atoms with Crippen molar-refractivity contribution in [2.75, 3.05) is 11.9 Å².